The fourth-order valence-electron chi connectivity index (χ4n) is 1.88. The van der Waals surface area contributed by atoms with Gasteiger partial charge in [-0.25, -0.2) is 0 Å². The first-order valence-corrected chi connectivity index (χ1v) is 5.99. The molecule has 0 aliphatic rings. The van der Waals surface area contributed by atoms with Gasteiger partial charge in [-0.1, -0.05) is 32.4 Å². The summed E-state index contributed by atoms with van der Waals surface area (Å²) < 4.78 is 0. The Kier molecular flexibility index (Phi) is 5.10. The van der Waals surface area contributed by atoms with Gasteiger partial charge >= 0.3 is 0 Å². The van der Waals surface area contributed by atoms with Crippen molar-refractivity contribution in [2.45, 2.75) is 32.7 Å². The normalized spacial score (nSPS) is 14.3. The summed E-state index contributed by atoms with van der Waals surface area (Å²) in [7, 11) is 1.96. The molecule has 0 amide bonds. The number of nitro groups is 1. The third-order valence-corrected chi connectivity index (χ3v) is 3.30. The molecule has 2 unspecified atom stereocenters. The van der Waals surface area contributed by atoms with Gasteiger partial charge in [0.05, 0.1) is 4.92 Å². The fraction of sp³-hybridized carbons (Fsp3) is 0.538. The van der Waals surface area contributed by atoms with Gasteiger partial charge in [0.15, 0.2) is 0 Å². The molecule has 94 valence electrons. The predicted octanol–water partition coefficient (Wildman–Crippen LogP) is 2.77. The van der Waals surface area contributed by atoms with E-state index in [2.05, 4.69) is 19.2 Å². The number of hydrogen-bond donors (Lipinski definition) is 1. The van der Waals surface area contributed by atoms with Crippen LogP contribution in [0.25, 0.3) is 0 Å². The highest BCUT2D eigenvalue weighted by Crippen LogP contribution is 2.16. The van der Waals surface area contributed by atoms with Gasteiger partial charge < -0.3 is 5.32 Å². The third kappa shape index (κ3) is 3.82. The van der Waals surface area contributed by atoms with Crippen LogP contribution in [0, 0.1) is 16.0 Å². The van der Waals surface area contributed by atoms with Crippen LogP contribution in [0.4, 0.5) is 5.69 Å². The molecule has 0 saturated heterocycles. The zero-order chi connectivity index (χ0) is 12.8. The topological polar surface area (TPSA) is 55.2 Å². The number of nitrogens with zero attached hydrogens (tertiary/aromatic N) is 1. The van der Waals surface area contributed by atoms with Gasteiger partial charge in [0.25, 0.3) is 5.69 Å². The highest BCUT2D eigenvalue weighted by molar-refractivity contribution is 5.33. The molecule has 17 heavy (non-hydrogen) atoms. The van der Waals surface area contributed by atoms with E-state index in [0.29, 0.717) is 12.0 Å². The van der Waals surface area contributed by atoms with Gasteiger partial charge in [-0.3, -0.25) is 10.1 Å². The first-order chi connectivity index (χ1) is 8.08. The van der Waals surface area contributed by atoms with E-state index in [-0.39, 0.29) is 10.6 Å². The maximum atomic E-state index is 10.5. The Morgan fingerprint density at radius 2 is 1.94 bits per heavy atom. The molecular weight excluding hydrogens is 216 g/mol. The quantitative estimate of drug-likeness (QED) is 0.610. The summed E-state index contributed by atoms with van der Waals surface area (Å²) in [4.78, 5) is 10.2. The largest absolute Gasteiger partial charge is 0.316 e. The number of benzene rings is 1. The molecule has 1 aromatic rings. The summed E-state index contributed by atoms with van der Waals surface area (Å²) in [5, 5.41) is 13.8. The van der Waals surface area contributed by atoms with Crippen molar-refractivity contribution >= 4 is 5.69 Å². The molecule has 0 aromatic heterocycles. The lowest BCUT2D eigenvalue weighted by atomic mass is 9.93. The summed E-state index contributed by atoms with van der Waals surface area (Å²) >= 11 is 0. The van der Waals surface area contributed by atoms with Crippen LogP contribution < -0.4 is 5.32 Å². The van der Waals surface area contributed by atoms with Crippen LogP contribution in [0.2, 0.25) is 0 Å². The molecule has 0 fully saturated rings. The zero-order valence-electron chi connectivity index (χ0n) is 10.6. The van der Waals surface area contributed by atoms with E-state index < -0.39 is 0 Å². The van der Waals surface area contributed by atoms with E-state index in [1.165, 1.54) is 0 Å². The second kappa shape index (κ2) is 6.35. The van der Waals surface area contributed by atoms with Crippen LogP contribution in [0.5, 0.6) is 0 Å². The second-order valence-corrected chi connectivity index (χ2v) is 4.41. The minimum Gasteiger partial charge on any atom is -0.316 e. The Labute approximate surface area is 102 Å². The number of rotatable bonds is 6. The molecule has 2 atom stereocenters. The van der Waals surface area contributed by atoms with Crippen molar-refractivity contribution in [1.82, 2.24) is 5.32 Å². The van der Waals surface area contributed by atoms with E-state index >= 15 is 0 Å². The predicted molar refractivity (Wildman–Crippen MR) is 69.1 cm³/mol. The minimum absolute atomic E-state index is 0.151. The fourth-order valence-corrected chi connectivity index (χ4v) is 1.88. The summed E-state index contributed by atoms with van der Waals surface area (Å²) in [6.07, 6.45) is 2.03. The average molecular weight is 236 g/mol. The lowest BCUT2D eigenvalue weighted by Crippen LogP contribution is -2.33. The van der Waals surface area contributed by atoms with Gasteiger partial charge in [0.1, 0.15) is 0 Å². The van der Waals surface area contributed by atoms with Crippen LogP contribution in [0.1, 0.15) is 25.8 Å². The first-order valence-electron chi connectivity index (χ1n) is 5.99. The molecule has 0 aliphatic carbocycles. The molecule has 1 rings (SSSR count). The van der Waals surface area contributed by atoms with Crippen molar-refractivity contribution in [2.75, 3.05) is 7.05 Å². The van der Waals surface area contributed by atoms with Crippen molar-refractivity contribution in [3.63, 3.8) is 0 Å². The van der Waals surface area contributed by atoms with Crippen molar-refractivity contribution in [2.24, 2.45) is 5.92 Å². The molecule has 0 spiro atoms. The molecule has 0 heterocycles. The Balaban J connectivity index is 2.70. The van der Waals surface area contributed by atoms with Crippen LogP contribution in [-0.4, -0.2) is 18.0 Å². The Bertz CT molecular complexity index is 362. The summed E-state index contributed by atoms with van der Waals surface area (Å²) in [5.74, 6) is 0.593. The van der Waals surface area contributed by atoms with E-state index in [1.807, 2.05) is 19.2 Å². The van der Waals surface area contributed by atoms with E-state index in [0.717, 1.165) is 18.4 Å². The molecule has 1 N–H and O–H groups in total. The standard InChI is InChI=1S/C13H20N2O2/c1-4-10(2)13(14-3)9-11-5-7-12(8-6-11)15(16)17/h5-8,10,13-14H,4,9H2,1-3H3. The molecule has 1 aromatic carbocycles. The maximum Gasteiger partial charge on any atom is 0.269 e. The summed E-state index contributed by atoms with van der Waals surface area (Å²) in [6.45, 7) is 4.39. The van der Waals surface area contributed by atoms with Gasteiger partial charge in [-0.15, -0.1) is 0 Å². The van der Waals surface area contributed by atoms with Crippen LogP contribution >= 0.6 is 0 Å². The van der Waals surface area contributed by atoms with Gasteiger partial charge in [-0.2, -0.15) is 0 Å². The number of nitro benzene ring substituents is 1. The first kappa shape index (κ1) is 13.6. The number of non-ortho nitro benzene ring substituents is 1. The number of nitrogens with one attached hydrogen (secondary N) is 1. The molecule has 4 nitrogen and oxygen atoms in total. The SMILES string of the molecule is CCC(C)C(Cc1ccc([N+](=O)[O-])cc1)NC. The van der Waals surface area contributed by atoms with Gasteiger partial charge in [0.2, 0.25) is 0 Å². The van der Waals surface area contributed by atoms with E-state index in [4.69, 9.17) is 0 Å². The highest BCUT2D eigenvalue weighted by Gasteiger charge is 2.14. The monoisotopic (exact) mass is 236 g/mol. The lowest BCUT2D eigenvalue weighted by molar-refractivity contribution is -0.384. The Morgan fingerprint density at radius 1 is 1.35 bits per heavy atom. The van der Waals surface area contributed by atoms with Crippen molar-refractivity contribution in [3.8, 4) is 0 Å². The van der Waals surface area contributed by atoms with E-state index in [9.17, 15) is 10.1 Å². The van der Waals surface area contributed by atoms with Crippen molar-refractivity contribution < 1.29 is 4.92 Å². The lowest BCUT2D eigenvalue weighted by Gasteiger charge is -2.22. The number of hydrogen-bond acceptors (Lipinski definition) is 3. The van der Waals surface area contributed by atoms with Gasteiger partial charge in [0, 0.05) is 18.2 Å². The van der Waals surface area contributed by atoms with E-state index in [1.54, 1.807) is 12.1 Å². The Hall–Kier alpha value is -1.42. The summed E-state index contributed by atoms with van der Waals surface area (Å²) in [5.41, 5.74) is 1.29. The van der Waals surface area contributed by atoms with Crippen molar-refractivity contribution in [3.05, 3.63) is 39.9 Å². The third-order valence-electron chi connectivity index (χ3n) is 3.30. The molecular formula is C13H20N2O2. The average Bonchev–Trinajstić information content (AvgIpc) is 2.35. The molecule has 0 saturated carbocycles. The zero-order valence-corrected chi connectivity index (χ0v) is 10.6. The van der Waals surface area contributed by atoms with Crippen LogP contribution in [0.3, 0.4) is 0 Å². The van der Waals surface area contributed by atoms with Crippen molar-refractivity contribution in [1.29, 1.82) is 0 Å². The summed E-state index contributed by atoms with van der Waals surface area (Å²) in [6, 6.07) is 7.23. The minimum atomic E-state index is -0.367. The molecule has 4 heteroatoms. The smallest absolute Gasteiger partial charge is 0.269 e. The molecule has 0 aliphatic heterocycles. The molecule has 0 radical (unpaired) electrons. The van der Waals surface area contributed by atoms with Crippen LogP contribution in [-0.2, 0) is 6.42 Å². The Morgan fingerprint density at radius 3 is 2.35 bits per heavy atom. The molecule has 0 bridgehead atoms. The van der Waals surface area contributed by atoms with Crippen LogP contribution in [0.15, 0.2) is 24.3 Å². The maximum absolute atomic E-state index is 10.5. The second-order valence-electron chi connectivity index (χ2n) is 4.41. The number of likely N-dealkylation sites (N-methyl/N-ethyl adjacent to an activating group) is 1. The highest BCUT2D eigenvalue weighted by atomic mass is 16.6. The van der Waals surface area contributed by atoms with Gasteiger partial charge in [-0.05, 0) is 24.9 Å².